The molecule has 0 aliphatic carbocycles. The third kappa shape index (κ3) is 4.26. The first kappa shape index (κ1) is 19.7. The average molecular weight is 391 g/mol. The Kier molecular flexibility index (Phi) is 6.04. The van der Waals surface area contributed by atoms with E-state index in [1.807, 2.05) is 25.1 Å². The summed E-state index contributed by atoms with van der Waals surface area (Å²) in [5.41, 5.74) is 2.07. The van der Waals surface area contributed by atoms with E-state index in [1.54, 1.807) is 12.1 Å². The number of ether oxygens (including phenoxy) is 2. The molecule has 27 heavy (non-hydrogen) atoms. The van der Waals surface area contributed by atoms with Crippen LogP contribution < -0.4 is 9.47 Å². The van der Waals surface area contributed by atoms with E-state index in [1.165, 1.54) is 24.1 Å². The number of piperazine rings is 1. The Balaban J connectivity index is 1.75. The molecule has 1 heterocycles. The Morgan fingerprint density at radius 1 is 0.926 bits per heavy atom. The summed E-state index contributed by atoms with van der Waals surface area (Å²) >= 11 is 0. The first-order chi connectivity index (χ1) is 13.0. The highest BCUT2D eigenvalue weighted by Gasteiger charge is 2.31. The van der Waals surface area contributed by atoms with Crippen LogP contribution in [0.3, 0.4) is 0 Å². The van der Waals surface area contributed by atoms with Crippen molar-refractivity contribution >= 4 is 10.0 Å². The summed E-state index contributed by atoms with van der Waals surface area (Å²) in [6.07, 6.45) is 0. The summed E-state index contributed by atoms with van der Waals surface area (Å²) in [5.74, 6) is 0.886. The predicted molar refractivity (Wildman–Crippen MR) is 105 cm³/mol. The van der Waals surface area contributed by atoms with Gasteiger partial charge in [-0.15, -0.1) is 0 Å². The van der Waals surface area contributed by atoms with E-state index in [0.29, 0.717) is 37.7 Å². The highest BCUT2D eigenvalue weighted by molar-refractivity contribution is 7.89. The molecule has 1 fully saturated rings. The van der Waals surface area contributed by atoms with Gasteiger partial charge in [0.2, 0.25) is 10.0 Å². The maximum absolute atomic E-state index is 13.2. The third-order valence-corrected chi connectivity index (χ3v) is 6.80. The molecule has 0 aromatic heterocycles. The van der Waals surface area contributed by atoms with Gasteiger partial charge in [0.05, 0.1) is 14.2 Å². The number of hydrogen-bond donors (Lipinski definition) is 0. The molecular formula is C20H26N2O4S. The summed E-state index contributed by atoms with van der Waals surface area (Å²) in [7, 11) is -0.629. The quantitative estimate of drug-likeness (QED) is 0.759. The Labute approximate surface area is 161 Å². The maximum atomic E-state index is 13.2. The average Bonchev–Trinajstić information content (AvgIpc) is 2.68. The molecule has 7 heteroatoms. The topological polar surface area (TPSA) is 59.1 Å². The molecule has 0 amide bonds. The molecule has 0 N–H and O–H groups in total. The second kappa shape index (κ2) is 8.29. The van der Waals surface area contributed by atoms with Crippen LogP contribution in [-0.4, -0.2) is 58.0 Å². The highest BCUT2D eigenvalue weighted by atomic mass is 32.2. The second-order valence-electron chi connectivity index (χ2n) is 6.64. The van der Waals surface area contributed by atoms with Gasteiger partial charge in [0.25, 0.3) is 0 Å². The van der Waals surface area contributed by atoms with Crippen molar-refractivity contribution in [2.75, 3.05) is 40.4 Å². The molecule has 6 nitrogen and oxygen atoms in total. The van der Waals surface area contributed by atoms with E-state index in [2.05, 4.69) is 17.0 Å². The van der Waals surface area contributed by atoms with Crippen molar-refractivity contribution < 1.29 is 17.9 Å². The molecule has 2 aromatic rings. The summed E-state index contributed by atoms with van der Waals surface area (Å²) < 4.78 is 38.5. The van der Waals surface area contributed by atoms with Crippen LogP contribution in [0.25, 0.3) is 0 Å². The Morgan fingerprint density at radius 2 is 1.56 bits per heavy atom. The predicted octanol–water partition coefficient (Wildman–Crippen LogP) is 2.52. The van der Waals surface area contributed by atoms with Crippen molar-refractivity contribution in [1.82, 2.24) is 9.21 Å². The van der Waals surface area contributed by atoms with Crippen molar-refractivity contribution in [3.8, 4) is 11.5 Å². The maximum Gasteiger partial charge on any atom is 0.246 e. The number of benzene rings is 2. The van der Waals surface area contributed by atoms with E-state index in [-0.39, 0.29) is 4.90 Å². The lowest BCUT2D eigenvalue weighted by molar-refractivity contribution is 0.181. The fraction of sp³-hybridized carbons (Fsp3) is 0.400. The van der Waals surface area contributed by atoms with E-state index < -0.39 is 10.0 Å². The fourth-order valence-electron chi connectivity index (χ4n) is 3.33. The minimum Gasteiger partial charge on any atom is -0.496 e. The van der Waals surface area contributed by atoms with Gasteiger partial charge in [-0.3, -0.25) is 4.90 Å². The Hall–Kier alpha value is -2.09. The van der Waals surface area contributed by atoms with Gasteiger partial charge in [0.15, 0.2) is 0 Å². The fourth-order valence-corrected chi connectivity index (χ4v) is 4.91. The molecule has 0 unspecified atom stereocenters. The molecular weight excluding hydrogens is 364 g/mol. The number of rotatable bonds is 6. The van der Waals surface area contributed by atoms with E-state index in [9.17, 15) is 8.42 Å². The van der Waals surface area contributed by atoms with Crippen LogP contribution in [0.1, 0.15) is 11.1 Å². The van der Waals surface area contributed by atoms with Crippen LogP contribution in [0, 0.1) is 6.92 Å². The molecule has 0 atom stereocenters. The zero-order chi connectivity index (χ0) is 19.4. The van der Waals surface area contributed by atoms with Crippen LogP contribution in [-0.2, 0) is 16.6 Å². The van der Waals surface area contributed by atoms with Crippen molar-refractivity contribution in [3.63, 3.8) is 0 Å². The Bertz CT molecular complexity index is 876. The molecule has 3 rings (SSSR count). The van der Waals surface area contributed by atoms with Crippen LogP contribution >= 0.6 is 0 Å². The molecule has 0 bridgehead atoms. The summed E-state index contributed by atoms with van der Waals surface area (Å²) in [6.45, 7) is 4.98. The standard InChI is InChI=1S/C20H26N2O4S/c1-16-13-19(26-3)20(14-18(16)25-2)27(23,24)22-11-9-21(10-12-22)15-17-7-5-4-6-8-17/h4-8,13-14H,9-12,15H2,1-3H3. The van der Waals surface area contributed by atoms with Crippen LogP contribution in [0.5, 0.6) is 11.5 Å². The third-order valence-electron chi connectivity index (χ3n) is 4.88. The number of hydrogen-bond acceptors (Lipinski definition) is 5. The van der Waals surface area contributed by atoms with E-state index in [0.717, 1.165) is 12.1 Å². The lowest BCUT2D eigenvalue weighted by Gasteiger charge is -2.34. The monoisotopic (exact) mass is 390 g/mol. The van der Waals surface area contributed by atoms with Gasteiger partial charge in [-0.05, 0) is 24.1 Å². The van der Waals surface area contributed by atoms with Gasteiger partial charge in [-0.1, -0.05) is 30.3 Å². The van der Waals surface area contributed by atoms with Gasteiger partial charge in [-0.25, -0.2) is 8.42 Å². The molecule has 0 saturated carbocycles. The number of aryl methyl sites for hydroxylation is 1. The minimum atomic E-state index is -3.65. The highest BCUT2D eigenvalue weighted by Crippen LogP contribution is 2.33. The van der Waals surface area contributed by atoms with Crippen molar-refractivity contribution in [3.05, 3.63) is 53.6 Å². The molecule has 2 aromatic carbocycles. The van der Waals surface area contributed by atoms with Gasteiger partial charge in [0, 0.05) is 38.8 Å². The minimum absolute atomic E-state index is 0.156. The SMILES string of the molecule is COc1cc(S(=O)(=O)N2CCN(Cc3ccccc3)CC2)c(OC)cc1C. The smallest absolute Gasteiger partial charge is 0.246 e. The Morgan fingerprint density at radius 3 is 2.15 bits per heavy atom. The van der Waals surface area contributed by atoms with Crippen molar-refractivity contribution in [2.24, 2.45) is 0 Å². The van der Waals surface area contributed by atoms with Gasteiger partial charge < -0.3 is 9.47 Å². The summed E-state index contributed by atoms with van der Waals surface area (Å²) in [6, 6.07) is 13.5. The summed E-state index contributed by atoms with van der Waals surface area (Å²) in [4.78, 5) is 2.43. The second-order valence-corrected chi connectivity index (χ2v) is 8.54. The van der Waals surface area contributed by atoms with E-state index in [4.69, 9.17) is 9.47 Å². The van der Waals surface area contributed by atoms with Gasteiger partial charge in [0.1, 0.15) is 16.4 Å². The lowest BCUT2D eigenvalue weighted by atomic mass is 10.2. The largest absolute Gasteiger partial charge is 0.496 e. The zero-order valence-electron chi connectivity index (χ0n) is 16.0. The summed E-state index contributed by atoms with van der Waals surface area (Å²) in [5, 5.41) is 0. The molecule has 1 saturated heterocycles. The van der Waals surface area contributed by atoms with Crippen molar-refractivity contribution in [2.45, 2.75) is 18.4 Å². The van der Waals surface area contributed by atoms with Crippen molar-refractivity contribution in [1.29, 1.82) is 0 Å². The van der Waals surface area contributed by atoms with Gasteiger partial charge >= 0.3 is 0 Å². The lowest BCUT2D eigenvalue weighted by Crippen LogP contribution is -2.48. The molecule has 0 radical (unpaired) electrons. The first-order valence-corrected chi connectivity index (χ1v) is 10.4. The van der Waals surface area contributed by atoms with Crippen LogP contribution in [0.4, 0.5) is 0 Å². The van der Waals surface area contributed by atoms with E-state index >= 15 is 0 Å². The number of nitrogens with zero attached hydrogens (tertiary/aromatic N) is 2. The molecule has 0 spiro atoms. The zero-order valence-corrected chi connectivity index (χ0v) is 16.8. The van der Waals surface area contributed by atoms with Gasteiger partial charge in [-0.2, -0.15) is 4.31 Å². The number of methoxy groups -OCH3 is 2. The van der Waals surface area contributed by atoms with Crippen LogP contribution in [0.15, 0.2) is 47.4 Å². The first-order valence-electron chi connectivity index (χ1n) is 8.94. The normalized spacial score (nSPS) is 16.3. The molecule has 1 aliphatic heterocycles. The number of sulfonamides is 1. The molecule has 146 valence electrons. The van der Waals surface area contributed by atoms with Crippen LogP contribution in [0.2, 0.25) is 0 Å². The molecule has 1 aliphatic rings.